The summed E-state index contributed by atoms with van der Waals surface area (Å²) in [5, 5.41) is 20.8. The average molecular weight is 419 g/mol. The predicted octanol–water partition coefficient (Wildman–Crippen LogP) is 1.34. The smallest absolute Gasteiger partial charge is 0.238 e. The van der Waals surface area contributed by atoms with E-state index in [-0.39, 0.29) is 17.9 Å². The van der Waals surface area contributed by atoms with Crippen LogP contribution in [0, 0.1) is 25.2 Å². The molecule has 2 aliphatic heterocycles. The SMILES string of the molecule is CCn1nc(C)c(NC(=O)CN2CC3CN(Cc4nccs4)CC3(CO)C2)c1C. The van der Waals surface area contributed by atoms with E-state index in [1.165, 1.54) is 0 Å². The highest BCUT2D eigenvalue weighted by Crippen LogP contribution is 2.42. The van der Waals surface area contributed by atoms with Gasteiger partial charge in [0, 0.05) is 49.7 Å². The van der Waals surface area contributed by atoms with Crippen molar-refractivity contribution in [3.05, 3.63) is 28.0 Å². The molecule has 2 atom stereocenters. The van der Waals surface area contributed by atoms with Gasteiger partial charge in [-0.2, -0.15) is 5.10 Å². The molecular weight excluding hydrogens is 388 g/mol. The Kier molecular flexibility index (Phi) is 5.74. The lowest BCUT2D eigenvalue weighted by Gasteiger charge is -2.27. The van der Waals surface area contributed by atoms with Gasteiger partial charge in [-0.05, 0) is 26.7 Å². The van der Waals surface area contributed by atoms with Gasteiger partial charge in [-0.15, -0.1) is 11.3 Å². The van der Waals surface area contributed by atoms with Crippen molar-refractivity contribution in [1.82, 2.24) is 24.6 Å². The molecule has 2 fully saturated rings. The van der Waals surface area contributed by atoms with E-state index in [9.17, 15) is 9.90 Å². The molecule has 9 heteroatoms. The number of nitrogens with one attached hydrogen (secondary N) is 1. The van der Waals surface area contributed by atoms with Crippen LogP contribution in [0.1, 0.15) is 23.3 Å². The molecule has 1 amide bonds. The molecule has 0 radical (unpaired) electrons. The van der Waals surface area contributed by atoms with Gasteiger partial charge in [0.25, 0.3) is 0 Å². The van der Waals surface area contributed by atoms with E-state index in [1.54, 1.807) is 11.3 Å². The number of carbonyl (C=O) groups excluding carboxylic acids is 1. The van der Waals surface area contributed by atoms with Gasteiger partial charge in [-0.25, -0.2) is 4.98 Å². The molecule has 0 bridgehead atoms. The highest BCUT2D eigenvalue weighted by molar-refractivity contribution is 7.09. The minimum Gasteiger partial charge on any atom is -0.396 e. The molecule has 0 saturated carbocycles. The summed E-state index contributed by atoms with van der Waals surface area (Å²) in [6.07, 6.45) is 1.84. The largest absolute Gasteiger partial charge is 0.396 e. The van der Waals surface area contributed by atoms with Crippen LogP contribution >= 0.6 is 11.3 Å². The fraction of sp³-hybridized carbons (Fsp3) is 0.650. The molecule has 2 unspecified atom stereocenters. The lowest BCUT2D eigenvalue weighted by Crippen LogP contribution is -2.39. The molecule has 2 N–H and O–H groups in total. The third kappa shape index (κ3) is 3.96. The fourth-order valence-corrected chi connectivity index (χ4v) is 5.61. The number of fused-ring (bicyclic) bond motifs is 1. The summed E-state index contributed by atoms with van der Waals surface area (Å²) in [5.41, 5.74) is 2.51. The Morgan fingerprint density at radius 2 is 2.10 bits per heavy atom. The molecule has 2 aromatic rings. The Labute approximate surface area is 175 Å². The van der Waals surface area contributed by atoms with Crippen molar-refractivity contribution in [2.75, 3.05) is 44.6 Å². The Bertz CT molecular complexity index is 867. The van der Waals surface area contributed by atoms with Crippen molar-refractivity contribution in [2.24, 2.45) is 11.3 Å². The standard InChI is InChI=1S/C20H30N6O2S/c1-4-26-15(3)19(14(2)23-26)22-17(28)9-24-7-16-8-25(10-18-21-5-6-29-18)12-20(16,11-24)13-27/h5-6,16,27H,4,7-13H2,1-3H3,(H,22,28). The van der Waals surface area contributed by atoms with Crippen molar-refractivity contribution in [3.8, 4) is 0 Å². The number of hydrogen-bond donors (Lipinski definition) is 2. The summed E-state index contributed by atoms with van der Waals surface area (Å²) < 4.78 is 1.91. The number of aryl methyl sites for hydroxylation is 2. The third-order valence-corrected chi connectivity index (χ3v) is 7.13. The number of anilines is 1. The van der Waals surface area contributed by atoms with Gasteiger partial charge < -0.3 is 10.4 Å². The monoisotopic (exact) mass is 418 g/mol. The molecule has 4 heterocycles. The zero-order valence-corrected chi connectivity index (χ0v) is 18.2. The van der Waals surface area contributed by atoms with Gasteiger partial charge >= 0.3 is 0 Å². The maximum absolute atomic E-state index is 12.7. The number of nitrogens with zero attached hydrogens (tertiary/aromatic N) is 5. The molecule has 2 aliphatic rings. The molecule has 2 saturated heterocycles. The van der Waals surface area contributed by atoms with Gasteiger partial charge in [0.2, 0.25) is 5.91 Å². The number of hydrogen-bond acceptors (Lipinski definition) is 7. The minimum atomic E-state index is -0.142. The van der Waals surface area contributed by atoms with Crippen LogP contribution < -0.4 is 5.32 Å². The molecular formula is C20H30N6O2S. The van der Waals surface area contributed by atoms with E-state index < -0.39 is 0 Å². The maximum atomic E-state index is 12.7. The first-order valence-electron chi connectivity index (χ1n) is 10.2. The van der Waals surface area contributed by atoms with E-state index in [0.717, 1.165) is 61.4 Å². The molecule has 0 spiro atoms. The van der Waals surface area contributed by atoms with Gasteiger partial charge in [0.1, 0.15) is 5.01 Å². The van der Waals surface area contributed by atoms with Crippen LogP contribution in [0.4, 0.5) is 5.69 Å². The van der Waals surface area contributed by atoms with Crippen molar-refractivity contribution >= 4 is 22.9 Å². The third-order valence-electron chi connectivity index (χ3n) is 6.37. The van der Waals surface area contributed by atoms with Gasteiger partial charge in [0.15, 0.2) is 0 Å². The molecule has 4 rings (SSSR count). The summed E-state index contributed by atoms with van der Waals surface area (Å²) in [5.74, 6) is 0.367. The van der Waals surface area contributed by atoms with Gasteiger partial charge in [-0.1, -0.05) is 0 Å². The average Bonchev–Trinajstić information content (AvgIpc) is 3.42. The molecule has 0 aliphatic carbocycles. The molecule has 158 valence electrons. The summed E-state index contributed by atoms with van der Waals surface area (Å²) in [6.45, 7) is 11.5. The van der Waals surface area contributed by atoms with Crippen LogP contribution in [0.15, 0.2) is 11.6 Å². The second-order valence-corrected chi connectivity index (χ2v) is 9.37. The number of aliphatic hydroxyl groups is 1. The van der Waals surface area contributed by atoms with Crippen molar-refractivity contribution < 1.29 is 9.90 Å². The number of thiazole rings is 1. The second kappa shape index (κ2) is 8.14. The molecule has 2 aromatic heterocycles. The molecule has 29 heavy (non-hydrogen) atoms. The Balaban J connectivity index is 1.35. The van der Waals surface area contributed by atoms with E-state index >= 15 is 0 Å². The quantitative estimate of drug-likeness (QED) is 0.706. The van der Waals surface area contributed by atoms with Crippen LogP contribution in [-0.2, 0) is 17.9 Å². The summed E-state index contributed by atoms with van der Waals surface area (Å²) in [4.78, 5) is 21.6. The summed E-state index contributed by atoms with van der Waals surface area (Å²) in [7, 11) is 0. The van der Waals surface area contributed by atoms with E-state index in [0.29, 0.717) is 12.5 Å². The van der Waals surface area contributed by atoms with Crippen LogP contribution in [0.2, 0.25) is 0 Å². The molecule has 8 nitrogen and oxygen atoms in total. The molecule has 0 aromatic carbocycles. The predicted molar refractivity (Wildman–Crippen MR) is 113 cm³/mol. The lowest BCUT2D eigenvalue weighted by molar-refractivity contribution is -0.117. The number of rotatable bonds is 7. The van der Waals surface area contributed by atoms with Crippen LogP contribution in [0.5, 0.6) is 0 Å². The van der Waals surface area contributed by atoms with E-state index in [1.807, 2.05) is 37.0 Å². The van der Waals surface area contributed by atoms with Gasteiger partial charge in [0.05, 0.1) is 36.8 Å². The van der Waals surface area contributed by atoms with Crippen LogP contribution in [0.25, 0.3) is 0 Å². The van der Waals surface area contributed by atoms with Crippen LogP contribution in [-0.4, -0.2) is 74.9 Å². The topological polar surface area (TPSA) is 86.5 Å². The van der Waals surface area contributed by atoms with E-state index in [4.69, 9.17) is 0 Å². The second-order valence-electron chi connectivity index (χ2n) is 8.39. The first-order chi connectivity index (χ1) is 13.9. The normalized spacial score (nSPS) is 24.9. The number of aromatic nitrogens is 3. The Hall–Kier alpha value is -1.81. The number of carbonyl (C=O) groups is 1. The maximum Gasteiger partial charge on any atom is 0.238 e. The Morgan fingerprint density at radius 1 is 1.34 bits per heavy atom. The first-order valence-corrected chi connectivity index (χ1v) is 11.1. The van der Waals surface area contributed by atoms with Crippen LogP contribution in [0.3, 0.4) is 0 Å². The number of likely N-dealkylation sites (tertiary alicyclic amines) is 2. The summed E-state index contributed by atoms with van der Waals surface area (Å²) in [6, 6.07) is 0. The van der Waals surface area contributed by atoms with E-state index in [2.05, 4.69) is 25.2 Å². The fourth-order valence-electron chi connectivity index (χ4n) is 4.96. The highest BCUT2D eigenvalue weighted by atomic mass is 32.1. The number of amides is 1. The van der Waals surface area contributed by atoms with Crippen molar-refractivity contribution in [3.63, 3.8) is 0 Å². The lowest BCUT2D eigenvalue weighted by atomic mass is 9.82. The summed E-state index contributed by atoms with van der Waals surface area (Å²) >= 11 is 1.67. The highest BCUT2D eigenvalue weighted by Gasteiger charge is 2.52. The van der Waals surface area contributed by atoms with Gasteiger partial charge in [-0.3, -0.25) is 19.3 Å². The zero-order chi connectivity index (χ0) is 20.6. The Morgan fingerprint density at radius 3 is 2.72 bits per heavy atom. The van der Waals surface area contributed by atoms with Crippen molar-refractivity contribution in [1.29, 1.82) is 0 Å². The number of aliphatic hydroxyl groups excluding tert-OH is 1. The zero-order valence-electron chi connectivity index (χ0n) is 17.4. The first kappa shape index (κ1) is 20.5. The minimum absolute atomic E-state index is 0.0143. The van der Waals surface area contributed by atoms with Crippen molar-refractivity contribution in [2.45, 2.75) is 33.9 Å².